The first kappa shape index (κ1) is 16.3. The molecule has 1 aliphatic heterocycles. The molecule has 1 aromatic heterocycles. The van der Waals surface area contributed by atoms with Crippen LogP contribution in [0.3, 0.4) is 0 Å². The highest BCUT2D eigenvalue weighted by Gasteiger charge is 2.28. The lowest BCUT2D eigenvalue weighted by Crippen LogP contribution is -2.25. The third-order valence-electron chi connectivity index (χ3n) is 4.38. The summed E-state index contributed by atoms with van der Waals surface area (Å²) >= 11 is 1.46. The van der Waals surface area contributed by atoms with Crippen molar-refractivity contribution >= 4 is 22.4 Å². The number of anilines is 1. The van der Waals surface area contributed by atoms with E-state index in [-0.39, 0.29) is 5.97 Å². The quantitative estimate of drug-likeness (QED) is 0.777. The van der Waals surface area contributed by atoms with Gasteiger partial charge in [-0.25, -0.2) is 9.78 Å². The number of aryl methyl sites for hydroxylation is 1. The maximum absolute atomic E-state index is 11.7. The van der Waals surface area contributed by atoms with Gasteiger partial charge in [-0.2, -0.15) is 0 Å². The van der Waals surface area contributed by atoms with E-state index in [1.165, 1.54) is 37.7 Å². The highest BCUT2D eigenvalue weighted by Crippen LogP contribution is 2.36. The Bertz CT molecular complexity index is 505. The van der Waals surface area contributed by atoms with E-state index in [0.717, 1.165) is 29.8 Å². The van der Waals surface area contributed by atoms with E-state index in [4.69, 9.17) is 4.74 Å². The molecule has 118 valence electrons. The van der Waals surface area contributed by atoms with Crippen molar-refractivity contribution in [3.05, 3.63) is 10.6 Å². The number of ether oxygens (including phenoxy) is 1. The second-order valence-corrected chi connectivity index (χ2v) is 7.86. The van der Waals surface area contributed by atoms with Gasteiger partial charge in [-0.05, 0) is 37.5 Å². The lowest BCUT2D eigenvalue weighted by atomic mass is 9.77. The van der Waals surface area contributed by atoms with E-state index in [9.17, 15) is 4.79 Å². The number of aromatic nitrogens is 1. The van der Waals surface area contributed by atoms with Crippen LogP contribution < -0.4 is 4.90 Å². The Kier molecular flexibility index (Phi) is 4.91. The number of methoxy groups -OCH3 is 1. The van der Waals surface area contributed by atoms with Gasteiger partial charge in [0.15, 0.2) is 5.13 Å². The molecule has 0 saturated carbocycles. The van der Waals surface area contributed by atoms with Crippen LogP contribution in [0.1, 0.15) is 55.4 Å². The molecule has 1 fully saturated rings. The van der Waals surface area contributed by atoms with Crippen molar-refractivity contribution in [1.82, 2.24) is 4.98 Å². The van der Waals surface area contributed by atoms with Crippen LogP contribution in [0.4, 0.5) is 5.13 Å². The van der Waals surface area contributed by atoms with Crippen LogP contribution in [0.5, 0.6) is 0 Å². The monoisotopic (exact) mass is 310 g/mol. The summed E-state index contributed by atoms with van der Waals surface area (Å²) in [4.78, 5) is 19.2. The largest absolute Gasteiger partial charge is 0.465 e. The number of hydrogen-bond donors (Lipinski definition) is 0. The SMILES string of the molecule is COC(=O)c1sc(N2CCCC(C(C)(C)C)CC2)nc1C. The van der Waals surface area contributed by atoms with E-state index in [0.29, 0.717) is 10.3 Å². The third-order valence-corrected chi connectivity index (χ3v) is 5.58. The lowest BCUT2D eigenvalue weighted by Gasteiger charge is -2.29. The summed E-state index contributed by atoms with van der Waals surface area (Å²) in [7, 11) is 1.42. The average Bonchev–Trinajstić information content (AvgIpc) is 2.65. The maximum Gasteiger partial charge on any atom is 0.350 e. The minimum atomic E-state index is -0.279. The Morgan fingerprint density at radius 1 is 1.33 bits per heavy atom. The molecule has 0 amide bonds. The molecule has 1 atom stereocenters. The predicted molar refractivity (Wildman–Crippen MR) is 87.2 cm³/mol. The van der Waals surface area contributed by atoms with Gasteiger partial charge in [-0.1, -0.05) is 32.1 Å². The number of rotatable bonds is 2. The fourth-order valence-corrected chi connectivity index (χ4v) is 3.99. The standard InChI is InChI=1S/C16H26N2O2S/c1-11-13(14(19)20-5)21-15(17-11)18-9-6-7-12(8-10-18)16(2,3)4/h12H,6-10H2,1-5H3. The van der Waals surface area contributed by atoms with E-state index < -0.39 is 0 Å². The summed E-state index contributed by atoms with van der Waals surface area (Å²) in [6.07, 6.45) is 3.65. The maximum atomic E-state index is 11.7. The van der Waals surface area contributed by atoms with Gasteiger partial charge in [0, 0.05) is 13.1 Å². The zero-order valence-electron chi connectivity index (χ0n) is 13.7. The molecule has 0 bridgehead atoms. The summed E-state index contributed by atoms with van der Waals surface area (Å²) in [6, 6.07) is 0. The summed E-state index contributed by atoms with van der Waals surface area (Å²) in [5, 5.41) is 0.961. The molecule has 2 heterocycles. The first-order valence-corrected chi connectivity index (χ1v) is 8.45. The van der Waals surface area contributed by atoms with Gasteiger partial charge in [0.1, 0.15) is 4.88 Å². The molecule has 1 aliphatic rings. The summed E-state index contributed by atoms with van der Waals surface area (Å²) in [5.74, 6) is 0.474. The highest BCUT2D eigenvalue weighted by atomic mass is 32.1. The molecule has 0 aliphatic carbocycles. The molecule has 4 nitrogen and oxygen atoms in total. The third kappa shape index (κ3) is 3.76. The van der Waals surface area contributed by atoms with Gasteiger partial charge >= 0.3 is 5.97 Å². The van der Waals surface area contributed by atoms with Gasteiger partial charge in [0.25, 0.3) is 0 Å². The Hall–Kier alpha value is -1.10. The van der Waals surface area contributed by atoms with E-state index in [1.54, 1.807) is 0 Å². The lowest BCUT2D eigenvalue weighted by molar-refractivity contribution is 0.0605. The first-order valence-electron chi connectivity index (χ1n) is 7.63. The molecule has 0 N–H and O–H groups in total. The van der Waals surface area contributed by atoms with Crippen LogP contribution in [0.25, 0.3) is 0 Å². The average molecular weight is 310 g/mol. The van der Waals surface area contributed by atoms with Crippen LogP contribution in [0.15, 0.2) is 0 Å². The van der Waals surface area contributed by atoms with Crippen molar-refractivity contribution in [2.45, 2.75) is 47.0 Å². The highest BCUT2D eigenvalue weighted by molar-refractivity contribution is 7.17. The van der Waals surface area contributed by atoms with Crippen molar-refractivity contribution in [1.29, 1.82) is 0 Å². The topological polar surface area (TPSA) is 42.4 Å². The molecule has 1 unspecified atom stereocenters. The smallest absolute Gasteiger partial charge is 0.350 e. The van der Waals surface area contributed by atoms with Crippen LogP contribution >= 0.6 is 11.3 Å². The van der Waals surface area contributed by atoms with Crippen LogP contribution in [-0.4, -0.2) is 31.2 Å². The van der Waals surface area contributed by atoms with Gasteiger partial charge in [0.05, 0.1) is 12.8 Å². The van der Waals surface area contributed by atoms with Crippen molar-refractivity contribution in [2.75, 3.05) is 25.1 Å². The van der Waals surface area contributed by atoms with Crippen molar-refractivity contribution < 1.29 is 9.53 Å². The number of hydrogen-bond acceptors (Lipinski definition) is 5. The molecule has 0 radical (unpaired) electrons. The van der Waals surface area contributed by atoms with E-state index in [2.05, 4.69) is 30.7 Å². The Morgan fingerprint density at radius 3 is 2.67 bits per heavy atom. The first-order chi connectivity index (χ1) is 9.82. The van der Waals surface area contributed by atoms with Crippen LogP contribution in [0.2, 0.25) is 0 Å². The van der Waals surface area contributed by atoms with Crippen molar-refractivity contribution in [2.24, 2.45) is 11.3 Å². The molecule has 2 rings (SSSR count). The predicted octanol–water partition coefficient (Wildman–Crippen LogP) is 3.89. The van der Waals surface area contributed by atoms with Gasteiger partial charge in [-0.3, -0.25) is 0 Å². The number of esters is 1. The molecule has 0 aromatic carbocycles. The van der Waals surface area contributed by atoms with Gasteiger partial charge < -0.3 is 9.64 Å². The van der Waals surface area contributed by atoms with Crippen molar-refractivity contribution in [3.63, 3.8) is 0 Å². The van der Waals surface area contributed by atoms with Crippen LogP contribution in [0, 0.1) is 18.3 Å². The van der Waals surface area contributed by atoms with Gasteiger partial charge in [-0.15, -0.1) is 0 Å². The zero-order chi connectivity index (χ0) is 15.6. The number of carbonyl (C=O) groups excluding carboxylic acids is 1. The van der Waals surface area contributed by atoms with Crippen molar-refractivity contribution in [3.8, 4) is 0 Å². The second kappa shape index (κ2) is 6.34. The zero-order valence-corrected chi connectivity index (χ0v) is 14.5. The van der Waals surface area contributed by atoms with E-state index in [1.807, 2.05) is 6.92 Å². The molecular formula is C16H26N2O2S. The van der Waals surface area contributed by atoms with Gasteiger partial charge in [0.2, 0.25) is 0 Å². The number of nitrogens with zero attached hydrogens (tertiary/aromatic N) is 2. The summed E-state index contributed by atoms with van der Waals surface area (Å²) < 4.78 is 4.82. The summed E-state index contributed by atoms with van der Waals surface area (Å²) in [6.45, 7) is 10.9. The normalized spacial score (nSPS) is 20.2. The number of thiazole rings is 1. The Labute approximate surface area is 131 Å². The van der Waals surface area contributed by atoms with E-state index >= 15 is 0 Å². The Morgan fingerprint density at radius 2 is 2.05 bits per heavy atom. The number of carbonyl (C=O) groups is 1. The Balaban J connectivity index is 2.11. The molecule has 1 saturated heterocycles. The van der Waals surface area contributed by atoms with Crippen LogP contribution in [-0.2, 0) is 4.74 Å². The minimum Gasteiger partial charge on any atom is -0.465 e. The molecule has 1 aromatic rings. The molecule has 5 heteroatoms. The molecule has 0 spiro atoms. The second-order valence-electron chi connectivity index (χ2n) is 6.88. The fourth-order valence-electron chi connectivity index (χ4n) is 2.95. The molecular weight excluding hydrogens is 284 g/mol. The molecule has 21 heavy (non-hydrogen) atoms. The summed E-state index contributed by atoms with van der Waals surface area (Å²) in [5.41, 5.74) is 1.14. The fraction of sp³-hybridized carbons (Fsp3) is 0.750. The minimum absolute atomic E-state index is 0.279.